The van der Waals surface area contributed by atoms with Crippen LogP contribution in [-0.4, -0.2) is 31.4 Å². The molecule has 0 aliphatic rings. The van der Waals surface area contributed by atoms with Crippen LogP contribution in [-0.2, 0) is 9.59 Å². The number of hydrogen-bond donors (Lipinski definition) is 3. The van der Waals surface area contributed by atoms with Gasteiger partial charge in [-0.25, -0.2) is 5.43 Å². The maximum Gasteiger partial charge on any atom is 0.230 e. The number of carbonyl (C=O) groups excluding carboxylic acids is 2. The second kappa shape index (κ2) is 9.75. The molecule has 0 saturated carbocycles. The van der Waals surface area contributed by atoms with E-state index in [1.165, 1.54) is 6.92 Å². The number of nitrogens with one attached hydrogen (secondary N) is 3. The summed E-state index contributed by atoms with van der Waals surface area (Å²) in [6, 6.07) is 0. The number of amides is 2. The average molecular weight is 228 g/mol. The summed E-state index contributed by atoms with van der Waals surface area (Å²) in [6.07, 6.45) is 0.983. The van der Waals surface area contributed by atoms with Gasteiger partial charge in [-0.3, -0.25) is 15.0 Å². The zero-order valence-corrected chi connectivity index (χ0v) is 9.19. The van der Waals surface area contributed by atoms with E-state index in [9.17, 15) is 9.59 Å². The monoisotopic (exact) mass is 228 g/mol. The fourth-order valence-corrected chi connectivity index (χ4v) is 0.903. The number of hydrogen-bond acceptors (Lipinski definition) is 4. The molecular weight excluding hydrogens is 212 g/mol. The van der Waals surface area contributed by atoms with Crippen LogP contribution in [0, 0.1) is 0 Å². The van der Waals surface area contributed by atoms with Gasteiger partial charge in [-0.2, -0.15) is 0 Å². The summed E-state index contributed by atoms with van der Waals surface area (Å²) in [5, 5.41) is 5.88. The van der Waals surface area contributed by atoms with Crippen molar-refractivity contribution in [3.63, 3.8) is 0 Å². The van der Waals surface area contributed by atoms with Gasteiger partial charge in [0.2, 0.25) is 11.8 Å². The Morgan fingerprint density at radius 3 is 2.75 bits per heavy atom. The van der Waals surface area contributed by atoms with Crippen molar-refractivity contribution in [2.24, 2.45) is 5.11 Å². The van der Waals surface area contributed by atoms with Crippen LogP contribution in [0.4, 0.5) is 0 Å². The van der Waals surface area contributed by atoms with E-state index in [0.717, 1.165) is 0 Å². The van der Waals surface area contributed by atoms with Crippen LogP contribution in [0.1, 0.15) is 19.8 Å². The molecule has 0 spiro atoms. The van der Waals surface area contributed by atoms with Gasteiger partial charge in [0.25, 0.3) is 0 Å². The molecule has 90 valence electrons. The minimum atomic E-state index is -0.168. The number of carbonyl (C=O) groups is 2. The quantitative estimate of drug-likeness (QED) is 0.176. The SMILES string of the molecule is CC(=O)NNCCCC(=O)NCCN=[N+]=[N-]. The molecule has 8 heteroatoms. The largest absolute Gasteiger partial charge is 0.356 e. The standard InChI is InChI=1S/C8H16N6O2/c1-7(15)13-11-4-2-3-8(16)10-5-6-12-14-9/h11H,2-6H2,1H3,(H,10,16)(H,13,15). The second-order valence-electron chi connectivity index (χ2n) is 3.02. The molecular formula is C8H16N6O2. The van der Waals surface area contributed by atoms with Crippen LogP contribution >= 0.6 is 0 Å². The van der Waals surface area contributed by atoms with E-state index in [2.05, 4.69) is 26.2 Å². The van der Waals surface area contributed by atoms with Crippen molar-refractivity contribution < 1.29 is 9.59 Å². The Morgan fingerprint density at radius 1 is 1.38 bits per heavy atom. The smallest absolute Gasteiger partial charge is 0.230 e. The topological polar surface area (TPSA) is 119 Å². The third-order valence-electron chi connectivity index (χ3n) is 1.57. The minimum absolute atomic E-state index is 0.0993. The molecule has 0 aromatic carbocycles. The highest BCUT2D eigenvalue weighted by Gasteiger charge is 1.99. The first-order valence-electron chi connectivity index (χ1n) is 4.94. The molecule has 3 N–H and O–H groups in total. The van der Waals surface area contributed by atoms with E-state index < -0.39 is 0 Å². The lowest BCUT2D eigenvalue weighted by Gasteiger charge is -2.05. The molecule has 0 unspecified atom stereocenters. The molecule has 0 fully saturated rings. The highest BCUT2D eigenvalue weighted by Crippen LogP contribution is 1.86. The number of azide groups is 1. The van der Waals surface area contributed by atoms with Crippen LogP contribution in [0.3, 0.4) is 0 Å². The van der Waals surface area contributed by atoms with Gasteiger partial charge >= 0.3 is 0 Å². The first-order chi connectivity index (χ1) is 7.66. The molecule has 0 rings (SSSR count). The minimum Gasteiger partial charge on any atom is -0.356 e. The van der Waals surface area contributed by atoms with E-state index in [0.29, 0.717) is 25.9 Å². The zero-order chi connectivity index (χ0) is 12.2. The van der Waals surface area contributed by atoms with Gasteiger partial charge in [-0.15, -0.1) is 0 Å². The van der Waals surface area contributed by atoms with Crippen molar-refractivity contribution in [3.05, 3.63) is 10.4 Å². The summed E-state index contributed by atoms with van der Waals surface area (Å²) < 4.78 is 0. The Kier molecular flexibility index (Phi) is 8.66. The van der Waals surface area contributed by atoms with Gasteiger partial charge in [0, 0.05) is 37.9 Å². The molecule has 0 aromatic heterocycles. The third-order valence-corrected chi connectivity index (χ3v) is 1.57. The highest BCUT2D eigenvalue weighted by molar-refractivity contribution is 5.75. The normalized spacial score (nSPS) is 9.06. The van der Waals surface area contributed by atoms with Gasteiger partial charge < -0.3 is 5.32 Å². The second-order valence-corrected chi connectivity index (χ2v) is 3.02. The molecule has 0 radical (unpaired) electrons. The Hall–Kier alpha value is -1.79. The van der Waals surface area contributed by atoms with Crippen molar-refractivity contribution in [1.29, 1.82) is 0 Å². The molecule has 16 heavy (non-hydrogen) atoms. The van der Waals surface area contributed by atoms with Crippen molar-refractivity contribution in [2.75, 3.05) is 19.6 Å². The number of rotatable bonds is 8. The Morgan fingerprint density at radius 2 is 2.12 bits per heavy atom. The average Bonchev–Trinajstić information content (AvgIpc) is 2.23. The fraction of sp³-hybridized carbons (Fsp3) is 0.750. The molecule has 0 aliphatic carbocycles. The fourth-order valence-electron chi connectivity index (χ4n) is 0.903. The summed E-state index contributed by atoms with van der Waals surface area (Å²) in [4.78, 5) is 24.2. The van der Waals surface area contributed by atoms with Gasteiger partial charge in [0.05, 0.1) is 0 Å². The maximum absolute atomic E-state index is 11.1. The van der Waals surface area contributed by atoms with E-state index in [4.69, 9.17) is 5.53 Å². The first kappa shape index (κ1) is 14.2. The Balaban J connectivity index is 3.30. The predicted octanol–water partition coefficient (Wildman–Crippen LogP) is -0.166. The predicted molar refractivity (Wildman–Crippen MR) is 58.1 cm³/mol. The van der Waals surface area contributed by atoms with E-state index in [1.54, 1.807) is 0 Å². The lowest BCUT2D eigenvalue weighted by molar-refractivity contribution is -0.121. The molecule has 0 saturated heterocycles. The Bertz CT molecular complexity index is 274. The number of nitrogens with zero attached hydrogens (tertiary/aromatic N) is 3. The van der Waals surface area contributed by atoms with Crippen molar-refractivity contribution in [1.82, 2.24) is 16.2 Å². The molecule has 8 nitrogen and oxygen atoms in total. The van der Waals surface area contributed by atoms with E-state index in [-0.39, 0.29) is 18.4 Å². The summed E-state index contributed by atoms with van der Waals surface area (Å²) in [5.41, 5.74) is 13.1. The summed E-state index contributed by atoms with van der Waals surface area (Å²) in [5.74, 6) is -0.267. The zero-order valence-electron chi connectivity index (χ0n) is 9.19. The molecule has 2 amide bonds. The van der Waals surface area contributed by atoms with Gasteiger partial charge in [-0.1, -0.05) is 5.11 Å². The van der Waals surface area contributed by atoms with Gasteiger partial charge in [0.1, 0.15) is 0 Å². The highest BCUT2D eigenvalue weighted by atomic mass is 16.2. The van der Waals surface area contributed by atoms with Gasteiger partial charge in [0.15, 0.2) is 0 Å². The van der Waals surface area contributed by atoms with Gasteiger partial charge in [-0.05, 0) is 12.0 Å². The summed E-state index contributed by atoms with van der Waals surface area (Å²) in [6.45, 7) is 2.53. The molecule has 0 aliphatic heterocycles. The van der Waals surface area contributed by atoms with Crippen LogP contribution in [0.25, 0.3) is 10.4 Å². The lowest BCUT2D eigenvalue weighted by atomic mass is 10.3. The van der Waals surface area contributed by atoms with Crippen LogP contribution < -0.4 is 16.2 Å². The van der Waals surface area contributed by atoms with Crippen molar-refractivity contribution in [2.45, 2.75) is 19.8 Å². The summed E-state index contributed by atoms with van der Waals surface area (Å²) in [7, 11) is 0. The summed E-state index contributed by atoms with van der Waals surface area (Å²) >= 11 is 0. The van der Waals surface area contributed by atoms with E-state index in [1.807, 2.05) is 0 Å². The van der Waals surface area contributed by atoms with Crippen molar-refractivity contribution in [3.8, 4) is 0 Å². The molecule has 0 bridgehead atoms. The molecule has 0 heterocycles. The third kappa shape index (κ3) is 10.3. The van der Waals surface area contributed by atoms with Crippen molar-refractivity contribution >= 4 is 11.8 Å². The molecule has 0 atom stereocenters. The van der Waals surface area contributed by atoms with Crippen LogP contribution in [0.2, 0.25) is 0 Å². The molecule has 0 aromatic rings. The Labute approximate surface area is 93.4 Å². The van der Waals surface area contributed by atoms with Crippen LogP contribution in [0.5, 0.6) is 0 Å². The van der Waals surface area contributed by atoms with E-state index >= 15 is 0 Å². The van der Waals surface area contributed by atoms with Crippen LogP contribution in [0.15, 0.2) is 5.11 Å². The lowest BCUT2D eigenvalue weighted by Crippen LogP contribution is -2.36. The maximum atomic E-state index is 11.1. The number of hydrazine groups is 1. The first-order valence-corrected chi connectivity index (χ1v) is 4.94.